The summed E-state index contributed by atoms with van der Waals surface area (Å²) in [5, 5.41) is 15.3. The second-order valence-corrected chi connectivity index (χ2v) is 7.78. The van der Waals surface area contributed by atoms with E-state index in [4.69, 9.17) is 0 Å². The summed E-state index contributed by atoms with van der Waals surface area (Å²) in [7, 11) is 1.79. The highest BCUT2D eigenvalue weighted by molar-refractivity contribution is 14.0. The molecule has 7 nitrogen and oxygen atoms in total. The third-order valence-corrected chi connectivity index (χ3v) is 5.68. The zero-order chi connectivity index (χ0) is 20.6. The van der Waals surface area contributed by atoms with Crippen LogP contribution in [0, 0.1) is 0 Å². The van der Waals surface area contributed by atoms with Gasteiger partial charge in [-0.25, -0.2) is 0 Å². The molecule has 0 unspecified atom stereocenters. The lowest BCUT2D eigenvalue weighted by Gasteiger charge is -2.22. The first kappa shape index (κ1) is 23.5. The van der Waals surface area contributed by atoms with Gasteiger partial charge in [-0.15, -0.1) is 34.2 Å². The van der Waals surface area contributed by atoms with Crippen molar-refractivity contribution >= 4 is 35.6 Å². The Balaban J connectivity index is 0.00000272. The van der Waals surface area contributed by atoms with Crippen LogP contribution in [0.1, 0.15) is 42.6 Å². The zero-order valence-electron chi connectivity index (χ0n) is 18.1. The summed E-state index contributed by atoms with van der Waals surface area (Å²) in [4.78, 5) is 6.96. The maximum Gasteiger partial charge on any atom is 0.191 e. The number of guanidine groups is 1. The van der Waals surface area contributed by atoms with Crippen molar-refractivity contribution in [2.75, 3.05) is 20.1 Å². The lowest BCUT2D eigenvalue weighted by Crippen LogP contribution is -2.37. The minimum absolute atomic E-state index is 0. The first-order valence-electron chi connectivity index (χ1n) is 10.9. The molecule has 0 atom stereocenters. The molecule has 1 aliphatic rings. The Labute approximate surface area is 201 Å². The first-order chi connectivity index (χ1) is 14.8. The van der Waals surface area contributed by atoms with Crippen LogP contribution < -0.4 is 10.6 Å². The predicted molar refractivity (Wildman–Crippen MR) is 136 cm³/mol. The molecule has 0 aliphatic carbocycles. The molecule has 1 aromatic carbocycles. The minimum Gasteiger partial charge on any atom is -0.352 e. The predicted octanol–water partition coefficient (Wildman–Crippen LogP) is 3.59. The van der Waals surface area contributed by atoms with Crippen molar-refractivity contribution in [3.8, 4) is 0 Å². The Hall–Kier alpha value is -2.20. The molecule has 1 saturated heterocycles. The Morgan fingerprint density at radius 3 is 2.39 bits per heavy atom. The molecule has 3 aromatic rings. The van der Waals surface area contributed by atoms with Gasteiger partial charge in [-0.05, 0) is 49.2 Å². The van der Waals surface area contributed by atoms with Gasteiger partial charge >= 0.3 is 0 Å². The average molecular weight is 533 g/mol. The highest BCUT2D eigenvalue weighted by Gasteiger charge is 2.12. The second-order valence-electron chi connectivity index (χ2n) is 7.78. The van der Waals surface area contributed by atoms with Crippen molar-refractivity contribution in [2.24, 2.45) is 4.99 Å². The largest absolute Gasteiger partial charge is 0.352 e. The van der Waals surface area contributed by atoms with Gasteiger partial charge in [0.05, 0.1) is 6.54 Å². The van der Waals surface area contributed by atoms with Gasteiger partial charge in [0, 0.05) is 26.3 Å². The van der Waals surface area contributed by atoms with Crippen LogP contribution >= 0.6 is 24.0 Å². The van der Waals surface area contributed by atoms with Crippen LogP contribution in [0.15, 0.2) is 53.7 Å². The van der Waals surface area contributed by atoms with Gasteiger partial charge in [0.1, 0.15) is 0 Å². The molecule has 31 heavy (non-hydrogen) atoms. The summed E-state index contributed by atoms with van der Waals surface area (Å²) in [6, 6.07) is 14.6. The normalized spacial score (nSPS) is 15.3. The van der Waals surface area contributed by atoms with Crippen LogP contribution in [0.5, 0.6) is 0 Å². The number of aromatic nitrogens is 3. The van der Waals surface area contributed by atoms with Crippen molar-refractivity contribution in [3.05, 3.63) is 65.6 Å². The zero-order valence-corrected chi connectivity index (χ0v) is 20.5. The molecule has 2 aromatic heterocycles. The summed E-state index contributed by atoms with van der Waals surface area (Å²) >= 11 is 0. The Kier molecular flexibility index (Phi) is 9.08. The number of nitrogens with one attached hydrogen (secondary N) is 2. The molecule has 4 rings (SSSR count). The van der Waals surface area contributed by atoms with Crippen molar-refractivity contribution in [2.45, 2.75) is 45.3 Å². The average Bonchev–Trinajstić information content (AvgIpc) is 3.02. The Morgan fingerprint density at radius 2 is 1.61 bits per heavy atom. The molecule has 0 saturated carbocycles. The smallest absolute Gasteiger partial charge is 0.191 e. The van der Waals surface area contributed by atoms with Gasteiger partial charge in [-0.1, -0.05) is 43.2 Å². The third-order valence-electron chi connectivity index (χ3n) is 5.68. The van der Waals surface area contributed by atoms with E-state index in [0.717, 1.165) is 30.5 Å². The number of rotatable bonds is 6. The van der Waals surface area contributed by atoms with E-state index >= 15 is 0 Å². The number of likely N-dealkylation sites (tertiary alicyclic amines) is 1. The van der Waals surface area contributed by atoms with E-state index in [1.807, 2.05) is 28.8 Å². The first-order valence-corrected chi connectivity index (χ1v) is 10.9. The number of hydrogen-bond acceptors (Lipinski definition) is 4. The maximum absolute atomic E-state index is 4.37. The fourth-order valence-corrected chi connectivity index (χ4v) is 3.99. The number of halogens is 1. The van der Waals surface area contributed by atoms with Crippen LogP contribution in [0.25, 0.3) is 5.65 Å². The standard InChI is InChI=1S/C23H31N7.HI/c1-24-23(26-17-22-28-27-21-12-6-9-15-30(21)22)25-16-19-10-4-5-11-20(19)18-29-13-7-2-3-8-14-29;/h4-6,9-12,15H,2-3,7-8,13-14,16-18H2,1H3,(H2,24,25,26);1H. The Bertz CT molecular complexity index is 977. The number of fused-ring (bicyclic) bond motifs is 1. The molecular weight excluding hydrogens is 501 g/mol. The van der Waals surface area contributed by atoms with Crippen molar-refractivity contribution < 1.29 is 0 Å². The number of benzene rings is 1. The van der Waals surface area contributed by atoms with Crippen LogP contribution in [0.3, 0.4) is 0 Å². The van der Waals surface area contributed by atoms with E-state index in [-0.39, 0.29) is 24.0 Å². The van der Waals surface area contributed by atoms with Gasteiger partial charge in [0.15, 0.2) is 17.4 Å². The van der Waals surface area contributed by atoms with E-state index in [2.05, 4.69) is 55.0 Å². The summed E-state index contributed by atoms with van der Waals surface area (Å²) in [6.07, 6.45) is 7.33. The van der Waals surface area contributed by atoms with Crippen molar-refractivity contribution in [1.82, 2.24) is 30.1 Å². The Morgan fingerprint density at radius 1 is 0.903 bits per heavy atom. The molecule has 0 amide bonds. The quantitative estimate of drug-likeness (QED) is 0.288. The van der Waals surface area contributed by atoms with Crippen molar-refractivity contribution in [3.63, 3.8) is 0 Å². The monoisotopic (exact) mass is 533 g/mol. The van der Waals surface area contributed by atoms with Crippen LogP contribution in [-0.2, 0) is 19.6 Å². The van der Waals surface area contributed by atoms with E-state index in [1.165, 1.54) is 49.9 Å². The highest BCUT2D eigenvalue weighted by Crippen LogP contribution is 2.16. The minimum atomic E-state index is 0. The fourth-order valence-electron chi connectivity index (χ4n) is 3.99. The summed E-state index contributed by atoms with van der Waals surface area (Å²) in [6.45, 7) is 4.73. The molecule has 166 valence electrons. The van der Waals surface area contributed by atoms with Crippen LogP contribution in [-0.4, -0.2) is 45.6 Å². The highest BCUT2D eigenvalue weighted by atomic mass is 127. The molecule has 3 heterocycles. The molecule has 0 spiro atoms. The molecule has 8 heteroatoms. The van der Waals surface area contributed by atoms with E-state index < -0.39 is 0 Å². The van der Waals surface area contributed by atoms with Gasteiger partial charge < -0.3 is 10.6 Å². The summed E-state index contributed by atoms with van der Waals surface area (Å²) < 4.78 is 1.98. The van der Waals surface area contributed by atoms with E-state index in [9.17, 15) is 0 Å². The second kappa shape index (κ2) is 12.0. The molecule has 1 fully saturated rings. The summed E-state index contributed by atoms with van der Waals surface area (Å²) in [5.41, 5.74) is 3.56. The van der Waals surface area contributed by atoms with Crippen LogP contribution in [0.2, 0.25) is 0 Å². The molecule has 2 N–H and O–H groups in total. The number of hydrogen-bond donors (Lipinski definition) is 2. The van der Waals surface area contributed by atoms with Gasteiger partial charge in [0.2, 0.25) is 0 Å². The molecule has 0 bridgehead atoms. The molecular formula is C23H32IN7. The topological polar surface area (TPSA) is 69.8 Å². The van der Waals surface area contributed by atoms with Gasteiger partial charge in [-0.3, -0.25) is 14.3 Å². The van der Waals surface area contributed by atoms with Gasteiger partial charge in [-0.2, -0.15) is 0 Å². The lowest BCUT2D eigenvalue weighted by atomic mass is 10.1. The molecule has 1 aliphatic heterocycles. The van der Waals surface area contributed by atoms with Gasteiger partial charge in [0.25, 0.3) is 0 Å². The van der Waals surface area contributed by atoms with Crippen molar-refractivity contribution in [1.29, 1.82) is 0 Å². The maximum atomic E-state index is 4.37. The van der Waals surface area contributed by atoms with E-state index in [0.29, 0.717) is 6.54 Å². The van der Waals surface area contributed by atoms with E-state index in [1.54, 1.807) is 7.05 Å². The SMILES string of the molecule is CN=C(NCc1ccccc1CN1CCCCCC1)NCc1nnc2ccccn12.I. The number of pyridine rings is 1. The number of aliphatic imine (C=N–C) groups is 1. The summed E-state index contributed by atoms with van der Waals surface area (Å²) in [5.74, 6) is 1.61. The third kappa shape index (κ3) is 6.39. The fraction of sp³-hybridized carbons (Fsp3) is 0.435. The van der Waals surface area contributed by atoms with Crippen LogP contribution in [0.4, 0.5) is 0 Å². The molecule has 0 radical (unpaired) electrons. The lowest BCUT2D eigenvalue weighted by molar-refractivity contribution is 0.276. The number of nitrogens with zero attached hydrogens (tertiary/aromatic N) is 5.